The first kappa shape index (κ1) is 16.2. The molecule has 0 aromatic heterocycles. The van der Waals surface area contributed by atoms with E-state index >= 15 is 0 Å². The Morgan fingerprint density at radius 2 is 1.81 bits per heavy atom. The van der Waals surface area contributed by atoms with Gasteiger partial charge in [0.1, 0.15) is 0 Å². The lowest BCUT2D eigenvalue weighted by Crippen LogP contribution is -2.32. The molecule has 1 heterocycles. The zero-order valence-electron chi connectivity index (χ0n) is 13.8. The maximum atomic E-state index is 6.11. The van der Waals surface area contributed by atoms with Crippen molar-refractivity contribution >= 4 is 11.4 Å². The smallest absolute Gasteiger partial charge is 0.0367 e. The summed E-state index contributed by atoms with van der Waals surface area (Å²) in [4.78, 5) is 2.49. The molecule has 1 aliphatic heterocycles. The van der Waals surface area contributed by atoms with Crippen LogP contribution in [0.4, 0.5) is 11.4 Å². The van der Waals surface area contributed by atoms with Gasteiger partial charge in [-0.2, -0.15) is 0 Å². The number of hydrogen-bond acceptors (Lipinski definition) is 3. The summed E-state index contributed by atoms with van der Waals surface area (Å²) in [6.45, 7) is 10.0. The van der Waals surface area contributed by atoms with Crippen molar-refractivity contribution < 1.29 is 0 Å². The fourth-order valence-electron chi connectivity index (χ4n) is 2.99. The van der Waals surface area contributed by atoms with E-state index in [0.29, 0.717) is 5.92 Å². The Kier molecular flexibility index (Phi) is 5.92. The Morgan fingerprint density at radius 3 is 2.38 bits per heavy atom. The van der Waals surface area contributed by atoms with Crippen LogP contribution in [-0.2, 0) is 0 Å². The van der Waals surface area contributed by atoms with E-state index in [4.69, 9.17) is 5.73 Å². The van der Waals surface area contributed by atoms with E-state index in [2.05, 4.69) is 55.3 Å². The third-order valence-electron chi connectivity index (χ3n) is 4.36. The standard InChI is InChI=1S/C18H31N3/c1-14(2)12-16(19)13-20-17-4-6-18(7-5-17)21-10-8-15(3)9-11-21/h4-7,14-16,20H,8-13,19H2,1-3H3. The van der Waals surface area contributed by atoms with Crippen molar-refractivity contribution in [3.8, 4) is 0 Å². The second-order valence-corrected chi connectivity index (χ2v) is 6.99. The molecule has 2 rings (SSSR count). The molecule has 1 saturated heterocycles. The monoisotopic (exact) mass is 289 g/mol. The maximum absolute atomic E-state index is 6.11. The van der Waals surface area contributed by atoms with Crippen molar-refractivity contribution in [3.05, 3.63) is 24.3 Å². The molecule has 1 aromatic carbocycles. The van der Waals surface area contributed by atoms with Gasteiger partial charge in [0.15, 0.2) is 0 Å². The lowest BCUT2D eigenvalue weighted by molar-refractivity contribution is 0.438. The molecule has 21 heavy (non-hydrogen) atoms. The van der Waals surface area contributed by atoms with Crippen LogP contribution in [0, 0.1) is 11.8 Å². The van der Waals surface area contributed by atoms with Gasteiger partial charge in [0.2, 0.25) is 0 Å². The summed E-state index contributed by atoms with van der Waals surface area (Å²) >= 11 is 0. The van der Waals surface area contributed by atoms with Gasteiger partial charge in [0.25, 0.3) is 0 Å². The Bertz CT molecular complexity index is 405. The molecule has 0 radical (unpaired) electrons. The van der Waals surface area contributed by atoms with E-state index in [-0.39, 0.29) is 6.04 Å². The van der Waals surface area contributed by atoms with Gasteiger partial charge in [0.05, 0.1) is 0 Å². The van der Waals surface area contributed by atoms with Gasteiger partial charge in [-0.15, -0.1) is 0 Å². The summed E-state index contributed by atoms with van der Waals surface area (Å²) in [6.07, 6.45) is 3.69. The molecule has 0 bridgehead atoms. The molecule has 118 valence electrons. The molecular formula is C18H31N3. The van der Waals surface area contributed by atoms with Gasteiger partial charge in [-0.05, 0) is 55.4 Å². The zero-order valence-corrected chi connectivity index (χ0v) is 13.8. The van der Waals surface area contributed by atoms with Crippen LogP contribution >= 0.6 is 0 Å². The van der Waals surface area contributed by atoms with Crippen LogP contribution in [0.2, 0.25) is 0 Å². The zero-order chi connectivity index (χ0) is 15.2. The second kappa shape index (κ2) is 7.69. The Hall–Kier alpha value is -1.22. The molecule has 0 aliphatic carbocycles. The highest BCUT2D eigenvalue weighted by atomic mass is 15.1. The lowest BCUT2D eigenvalue weighted by atomic mass is 9.99. The summed E-state index contributed by atoms with van der Waals surface area (Å²) in [5.41, 5.74) is 8.63. The Balaban J connectivity index is 1.81. The third-order valence-corrected chi connectivity index (χ3v) is 4.36. The van der Waals surface area contributed by atoms with Gasteiger partial charge in [-0.3, -0.25) is 0 Å². The largest absolute Gasteiger partial charge is 0.383 e. The van der Waals surface area contributed by atoms with Crippen LogP contribution in [-0.4, -0.2) is 25.7 Å². The summed E-state index contributed by atoms with van der Waals surface area (Å²) < 4.78 is 0. The molecule has 1 unspecified atom stereocenters. The van der Waals surface area contributed by atoms with Crippen LogP contribution in [0.5, 0.6) is 0 Å². The minimum Gasteiger partial charge on any atom is -0.383 e. The number of anilines is 2. The number of nitrogens with one attached hydrogen (secondary N) is 1. The number of benzene rings is 1. The third kappa shape index (κ3) is 5.24. The van der Waals surface area contributed by atoms with Crippen molar-refractivity contribution in [3.63, 3.8) is 0 Å². The summed E-state index contributed by atoms with van der Waals surface area (Å²) in [6, 6.07) is 9.04. The molecule has 1 fully saturated rings. The summed E-state index contributed by atoms with van der Waals surface area (Å²) in [7, 11) is 0. The van der Waals surface area contributed by atoms with E-state index in [1.54, 1.807) is 0 Å². The molecule has 0 saturated carbocycles. The van der Waals surface area contributed by atoms with Gasteiger partial charge >= 0.3 is 0 Å². The van der Waals surface area contributed by atoms with Gasteiger partial charge < -0.3 is 16.0 Å². The van der Waals surface area contributed by atoms with Crippen LogP contribution in [0.15, 0.2) is 24.3 Å². The van der Waals surface area contributed by atoms with Gasteiger partial charge in [-0.1, -0.05) is 20.8 Å². The summed E-state index contributed by atoms with van der Waals surface area (Å²) in [5.74, 6) is 1.54. The number of nitrogens with two attached hydrogens (primary N) is 1. The summed E-state index contributed by atoms with van der Waals surface area (Å²) in [5, 5.41) is 3.44. The molecule has 1 aromatic rings. The van der Waals surface area contributed by atoms with Crippen molar-refractivity contribution in [2.45, 2.75) is 46.1 Å². The Morgan fingerprint density at radius 1 is 1.19 bits per heavy atom. The molecule has 0 amide bonds. The minimum atomic E-state index is 0.230. The normalized spacial score (nSPS) is 18.0. The van der Waals surface area contributed by atoms with E-state index in [1.165, 1.54) is 37.3 Å². The lowest BCUT2D eigenvalue weighted by Gasteiger charge is -2.32. The van der Waals surface area contributed by atoms with Crippen molar-refractivity contribution in [2.24, 2.45) is 17.6 Å². The van der Waals surface area contributed by atoms with E-state index < -0.39 is 0 Å². The topological polar surface area (TPSA) is 41.3 Å². The van der Waals surface area contributed by atoms with Crippen LogP contribution < -0.4 is 16.0 Å². The predicted octanol–water partition coefficient (Wildman–Crippen LogP) is 3.71. The second-order valence-electron chi connectivity index (χ2n) is 6.99. The van der Waals surface area contributed by atoms with E-state index in [9.17, 15) is 0 Å². The molecule has 3 N–H and O–H groups in total. The number of piperidine rings is 1. The molecule has 3 heteroatoms. The molecule has 1 aliphatic rings. The van der Waals surface area contributed by atoms with Crippen molar-refractivity contribution in [2.75, 3.05) is 29.9 Å². The van der Waals surface area contributed by atoms with Crippen molar-refractivity contribution in [1.82, 2.24) is 0 Å². The highest BCUT2D eigenvalue weighted by Gasteiger charge is 2.15. The highest BCUT2D eigenvalue weighted by molar-refractivity contribution is 5.55. The molecular weight excluding hydrogens is 258 g/mol. The van der Waals surface area contributed by atoms with Gasteiger partial charge in [0, 0.05) is 37.1 Å². The molecule has 3 nitrogen and oxygen atoms in total. The van der Waals surface area contributed by atoms with Crippen LogP contribution in [0.1, 0.15) is 40.0 Å². The van der Waals surface area contributed by atoms with Gasteiger partial charge in [-0.25, -0.2) is 0 Å². The average molecular weight is 289 g/mol. The SMILES string of the molecule is CC(C)CC(N)CNc1ccc(N2CCC(C)CC2)cc1. The van der Waals surface area contributed by atoms with E-state index in [1.807, 2.05) is 0 Å². The first-order valence-electron chi connectivity index (χ1n) is 8.39. The Labute approximate surface area is 129 Å². The van der Waals surface area contributed by atoms with Crippen molar-refractivity contribution in [1.29, 1.82) is 0 Å². The predicted molar refractivity (Wildman–Crippen MR) is 93.0 cm³/mol. The van der Waals surface area contributed by atoms with Crippen LogP contribution in [0.25, 0.3) is 0 Å². The van der Waals surface area contributed by atoms with E-state index in [0.717, 1.165) is 18.9 Å². The minimum absolute atomic E-state index is 0.230. The highest BCUT2D eigenvalue weighted by Crippen LogP contribution is 2.24. The first-order valence-corrected chi connectivity index (χ1v) is 8.39. The number of hydrogen-bond donors (Lipinski definition) is 2. The fourth-order valence-corrected chi connectivity index (χ4v) is 2.99. The first-order chi connectivity index (χ1) is 10.0. The number of rotatable bonds is 6. The molecule has 1 atom stereocenters. The molecule has 0 spiro atoms. The quantitative estimate of drug-likeness (QED) is 0.839. The fraction of sp³-hybridized carbons (Fsp3) is 0.667. The maximum Gasteiger partial charge on any atom is 0.0367 e. The average Bonchev–Trinajstić information content (AvgIpc) is 2.46. The van der Waals surface area contributed by atoms with Crippen LogP contribution in [0.3, 0.4) is 0 Å². The number of nitrogens with zero attached hydrogens (tertiary/aromatic N) is 1.